The fourth-order valence-electron chi connectivity index (χ4n) is 13.4. The molecule has 19 nitrogen and oxygen atoms in total. The number of likely N-dealkylation sites (N-methyl/N-ethyl adjacent to an activating group) is 2. The summed E-state index contributed by atoms with van der Waals surface area (Å²) in [4.78, 5) is 66.3. The second-order valence-electron chi connectivity index (χ2n) is 23.6. The number of rotatable bonds is 25. The van der Waals surface area contributed by atoms with Gasteiger partial charge in [-0.1, -0.05) is 86.5 Å². The summed E-state index contributed by atoms with van der Waals surface area (Å²) in [5.74, 6) is 1.42. The van der Waals surface area contributed by atoms with Crippen LogP contribution in [0.3, 0.4) is 0 Å². The maximum absolute atomic E-state index is 14.4. The molecule has 3 amide bonds. The van der Waals surface area contributed by atoms with Crippen molar-refractivity contribution in [2.75, 3.05) is 109 Å². The number of nitrogens with one attached hydrogen (secondary N) is 2. The summed E-state index contributed by atoms with van der Waals surface area (Å²) >= 11 is 1.60. The van der Waals surface area contributed by atoms with Crippen LogP contribution in [-0.2, 0) is 41.6 Å². The van der Waals surface area contributed by atoms with E-state index in [1.165, 1.54) is 23.3 Å². The molecule has 6 aromatic rings. The van der Waals surface area contributed by atoms with E-state index in [1.54, 1.807) is 23.3 Å². The number of carbonyl (C=O) groups is 3. The van der Waals surface area contributed by atoms with E-state index in [1.807, 2.05) is 30.0 Å². The number of amides is 3. The van der Waals surface area contributed by atoms with Crippen molar-refractivity contribution in [2.24, 2.45) is 5.92 Å². The lowest BCUT2D eigenvalue weighted by Gasteiger charge is -2.42. The van der Waals surface area contributed by atoms with Crippen LogP contribution in [-0.4, -0.2) is 177 Å². The zero-order chi connectivity index (χ0) is 60.2. The van der Waals surface area contributed by atoms with Gasteiger partial charge >= 0.3 is 6.01 Å². The largest absolute Gasteiger partial charge is 0.491 e. The first-order chi connectivity index (χ1) is 42.6. The fourth-order valence-corrected chi connectivity index (χ4v) is 14.3. The molecule has 87 heavy (non-hydrogen) atoms. The lowest BCUT2D eigenvalue weighted by Crippen LogP contribution is -2.55. The molecule has 6 heterocycles. The number of piperazine rings is 1. The standard InChI is InChI=1S/C67H83N11O8S/c1-5-61(79)77-32-31-76(40-48(77)26-28-68)63-55-27-30-75(58-22-13-18-46-15-9-10-19-51(46)58)42-56(55)71-67(73-63)86-43-49-39-50(41-74(49)4)84-37-35-82-33-34-83-36-38-85-60-25-24-53(52-20-11-12-21-54(52)60)57-44-87-65(70-57)59-23-14-29-78(59)66(81)62(47-16-7-6-8-17-47)72-64(80)45(2)69-3/h5,9-13,15,18-22,24-25,44-45,47-50,59,62,69H,1,6-8,14,16-17,23,26-27,29-43H2,2-4H3,(H,72,80)/t45-,48-,49-,50+,59-,62-/m0/s1. The topological polar surface area (TPSA) is 200 Å². The minimum atomic E-state index is -0.535. The lowest BCUT2D eigenvalue weighted by atomic mass is 9.83. The van der Waals surface area contributed by atoms with Crippen molar-refractivity contribution in [1.29, 1.82) is 5.26 Å². The molecule has 4 aliphatic heterocycles. The number of hydrogen-bond acceptors (Lipinski definition) is 17. The number of aromatic nitrogens is 3. The number of benzene rings is 4. The van der Waals surface area contributed by atoms with Crippen molar-refractivity contribution in [3.8, 4) is 29.1 Å². The molecular weight excluding hydrogens is 1120 g/mol. The van der Waals surface area contributed by atoms with E-state index in [-0.39, 0.29) is 60.3 Å². The third-order valence-electron chi connectivity index (χ3n) is 18.2. The van der Waals surface area contributed by atoms with Gasteiger partial charge in [0.05, 0.1) is 87.7 Å². The van der Waals surface area contributed by atoms with E-state index in [4.69, 9.17) is 38.6 Å². The summed E-state index contributed by atoms with van der Waals surface area (Å²) in [6.45, 7) is 12.8. The molecule has 0 unspecified atom stereocenters. The molecule has 2 aromatic heterocycles. The van der Waals surface area contributed by atoms with Gasteiger partial charge in [-0.25, -0.2) is 4.98 Å². The van der Waals surface area contributed by atoms with Gasteiger partial charge in [-0.3, -0.25) is 19.3 Å². The third kappa shape index (κ3) is 14.4. The Morgan fingerprint density at radius 3 is 2.37 bits per heavy atom. The first kappa shape index (κ1) is 61.4. The highest BCUT2D eigenvalue weighted by Crippen LogP contribution is 2.41. The van der Waals surface area contributed by atoms with E-state index in [0.29, 0.717) is 85.0 Å². The number of anilines is 2. The van der Waals surface area contributed by atoms with Gasteiger partial charge in [-0.15, -0.1) is 11.3 Å². The summed E-state index contributed by atoms with van der Waals surface area (Å²) in [6.07, 6.45) is 10.0. The zero-order valence-corrected chi connectivity index (χ0v) is 51.4. The Balaban J connectivity index is 0.629. The van der Waals surface area contributed by atoms with Gasteiger partial charge in [0.2, 0.25) is 17.7 Å². The predicted molar refractivity (Wildman–Crippen MR) is 338 cm³/mol. The van der Waals surface area contributed by atoms with Crippen LogP contribution in [0.1, 0.15) is 87.0 Å². The van der Waals surface area contributed by atoms with Gasteiger partial charge in [0.1, 0.15) is 35.8 Å². The van der Waals surface area contributed by atoms with Crippen LogP contribution in [0.5, 0.6) is 11.8 Å². The quantitative estimate of drug-likeness (QED) is 0.0408. The second kappa shape index (κ2) is 29.2. The van der Waals surface area contributed by atoms with Crippen molar-refractivity contribution >= 4 is 62.1 Å². The number of likely N-dealkylation sites (tertiary alicyclic amines) is 2. The maximum Gasteiger partial charge on any atom is 0.318 e. The highest BCUT2D eigenvalue weighted by Gasteiger charge is 2.41. The van der Waals surface area contributed by atoms with Crippen molar-refractivity contribution < 1.29 is 38.1 Å². The number of nitrogens with zero attached hydrogens (tertiary/aromatic N) is 9. The van der Waals surface area contributed by atoms with Crippen LogP contribution in [0, 0.1) is 17.2 Å². The Morgan fingerprint density at radius 2 is 1.56 bits per heavy atom. The molecule has 2 N–H and O–H groups in total. The molecule has 20 heteroatoms. The summed E-state index contributed by atoms with van der Waals surface area (Å²) in [5.41, 5.74) is 5.04. The van der Waals surface area contributed by atoms with Gasteiger partial charge < -0.3 is 53.9 Å². The Hall–Kier alpha value is -7.25. The highest BCUT2D eigenvalue weighted by atomic mass is 32.1. The molecule has 460 valence electrons. The number of nitriles is 1. The molecule has 11 rings (SSSR count). The summed E-state index contributed by atoms with van der Waals surface area (Å²) in [6, 6.07) is 28.5. The highest BCUT2D eigenvalue weighted by molar-refractivity contribution is 7.10. The van der Waals surface area contributed by atoms with E-state index >= 15 is 0 Å². The normalized spacial score (nSPS) is 20.8. The van der Waals surface area contributed by atoms with Crippen molar-refractivity contribution in [2.45, 2.75) is 114 Å². The van der Waals surface area contributed by atoms with Crippen LogP contribution in [0.25, 0.3) is 32.8 Å². The number of fused-ring (bicyclic) bond motifs is 3. The van der Waals surface area contributed by atoms with E-state index < -0.39 is 6.04 Å². The number of thiazole rings is 1. The molecule has 0 radical (unpaired) electrons. The third-order valence-corrected chi connectivity index (χ3v) is 19.2. The molecule has 5 aliphatic rings. The zero-order valence-electron chi connectivity index (χ0n) is 50.6. The van der Waals surface area contributed by atoms with Crippen LogP contribution in [0.4, 0.5) is 11.5 Å². The molecule has 1 aliphatic carbocycles. The molecule has 6 atom stereocenters. The maximum atomic E-state index is 14.4. The Bertz CT molecular complexity index is 3400. The van der Waals surface area contributed by atoms with E-state index in [0.717, 1.165) is 120 Å². The van der Waals surface area contributed by atoms with Crippen molar-refractivity contribution in [3.63, 3.8) is 0 Å². The Morgan fingerprint density at radius 1 is 0.793 bits per heavy atom. The van der Waals surface area contributed by atoms with Crippen molar-refractivity contribution in [3.05, 3.63) is 113 Å². The minimum absolute atomic E-state index is 0.0132. The van der Waals surface area contributed by atoms with Gasteiger partial charge in [0.25, 0.3) is 0 Å². The predicted octanol–water partition coefficient (Wildman–Crippen LogP) is 8.50. The molecular formula is C67H83N11O8S. The van der Waals surface area contributed by atoms with Crippen LogP contribution < -0.4 is 29.9 Å². The van der Waals surface area contributed by atoms with E-state index in [9.17, 15) is 19.6 Å². The molecule has 4 fully saturated rings. The van der Waals surface area contributed by atoms with Crippen molar-refractivity contribution in [1.82, 2.24) is 40.3 Å². The molecule has 0 spiro atoms. The summed E-state index contributed by atoms with van der Waals surface area (Å²) in [5, 5.41) is 23.3. The number of ether oxygens (including phenoxy) is 5. The Kier molecular flexibility index (Phi) is 20.6. The molecule has 4 aromatic carbocycles. The second-order valence-corrected chi connectivity index (χ2v) is 24.5. The molecule has 1 saturated carbocycles. The van der Waals surface area contributed by atoms with Gasteiger partial charge in [0.15, 0.2) is 0 Å². The number of hydrogen-bond donors (Lipinski definition) is 2. The van der Waals surface area contributed by atoms with Gasteiger partial charge in [0, 0.05) is 78.3 Å². The summed E-state index contributed by atoms with van der Waals surface area (Å²) < 4.78 is 31.0. The summed E-state index contributed by atoms with van der Waals surface area (Å²) in [7, 11) is 3.85. The van der Waals surface area contributed by atoms with Gasteiger partial charge in [-0.05, 0) is 101 Å². The minimum Gasteiger partial charge on any atom is -0.491 e. The van der Waals surface area contributed by atoms with Gasteiger partial charge in [-0.2, -0.15) is 15.2 Å². The molecule has 3 saturated heterocycles. The number of carbonyl (C=O) groups excluding carboxylic acids is 3. The average molecular weight is 1200 g/mol. The van der Waals surface area contributed by atoms with Crippen LogP contribution in [0.2, 0.25) is 0 Å². The van der Waals surface area contributed by atoms with Crippen LogP contribution >= 0.6 is 11.3 Å². The van der Waals surface area contributed by atoms with Crippen LogP contribution in [0.15, 0.2) is 96.9 Å². The lowest BCUT2D eigenvalue weighted by molar-refractivity contribution is -0.139. The first-order valence-corrected chi connectivity index (χ1v) is 32.1. The monoisotopic (exact) mass is 1200 g/mol. The first-order valence-electron chi connectivity index (χ1n) is 31.2. The molecule has 0 bridgehead atoms. The SMILES string of the molecule is C=CC(=O)N1CCN(c2nc(OC[C@@H]3C[C@@H](OCCOCCOCCOc4ccc(-c5csc([C@@H]6CCCN6C(=O)[C@@H](NC(=O)[C@H](C)NC)C6CCCCC6)n5)c5ccccc45)CN3C)nc3c2CCN(c2cccc4ccccc24)C3)C[C@@H]1CC#N. The smallest absolute Gasteiger partial charge is 0.318 e. The Labute approximate surface area is 514 Å². The average Bonchev–Trinajstić information content (AvgIpc) is 1.98. The van der Waals surface area contributed by atoms with E-state index in [2.05, 4.69) is 111 Å². The fraction of sp³-hybridized carbons (Fsp3) is 0.507.